The van der Waals surface area contributed by atoms with Gasteiger partial charge >= 0.3 is 13.1 Å². The molecule has 1 saturated heterocycles. The summed E-state index contributed by atoms with van der Waals surface area (Å²) >= 11 is 0. The maximum absolute atomic E-state index is 11.7. The Morgan fingerprint density at radius 3 is 2.92 bits per heavy atom. The molecule has 25 heavy (non-hydrogen) atoms. The standard InChI is InChI=1S/C14H16BN5O5/c1-19-14(16-17-18-19)20-6-9(7-20)24-10-3-2-8-4-5-15(23)25-12(8)11(10)13(21)22/h2-3,9,23H,4-7H2,1H3,(H,21,22). The molecular weight excluding hydrogens is 329 g/mol. The maximum atomic E-state index is 11.7. The van der Waals surface area contributed by atoms with Crippen LogP contribution in [0.25, 0.3) is 0 Å². The summed E-state index contributed by atoms with van der Waals surface area (Å²) in [6.45, 7) is 1.10. The van der Waals surface area contributed by atoms with Crippen LogP contribution in [0.2, 0.25) is 6.32 Å². The van der Waals surface area contributed by atoms with Gasteiger partial charge in [0.15, 0.2) is 0 Å². The molecule has 1 aromatic heterocycles. The van der Waals surface area contributed by atoms with E-state index in [4.69, 9.17) is 9.39 Å². The molecule has 0 atom stereocenters. The number of hydrogen-bond donors (Lipinski definition) is 2. The van der Waals surface area contributed by atoms with Crippen molar-refractivity contribution in [3.8, 4) is 11.5 Å². The van der Waals surface area contributed by atoms with Crippen LogP contribution in [0.5, 0.6) is 11.5 Å². The van der Waals surface area contributed by atoms with E-state index in [2.05, 4.69) is 15.5 Å². The van der Waals surface area contributed by atoms with Crippen LogP contribution in [0.4, 0.5) is 5.95 Å². The number of ether oxygens (including phenoxy) is 1. The molecule has 10 nitrogen and oxygen atoms in total. The van der Waals surface area contributed by atoms with E-state index in [9.17, 15) is 14.9 Å². The summed E-state index contributed by atoms with van der Waals surface area (Å²) in [6, 6.07) is 3.43. The molecule has 0 radical (unpaired) electrons. The van der Waals surface area contributed by atoms with Crippen LogP contribution in [0, 0.1) is 0 Å². The molecule has 11 heteroatoms. The summed E-state index contributed by atoms with van der Waals surface area (Å²) in [6.07, 6.45) is 0.824. The van der Waals surface area contributed by atoms with Gasteiger partial charge in [-0.2, -0.15) is 0 Å². The number of aromatic nitrogens is 4. The third kappa shape index (κ3) is 2.76. The summed E-state index contributed by atoms with van der Waals surface area (Å²) in [5.74, 6) is -0.0802. The molecule has 0 unspecified atom stereocenters. The lowest BCUT2D eigenvalue weighted by molar-refractivity contribution is 0.0684. The second-order valence-electron chi connectivity index (χ2n) is 6.09. The van der Waals surface area contributed by atoms with Crippen molar-refractivity contribution in [3.05, 3.63) is 23.3 Å². The van der Waals surface area contributed by atoms with E-state index in [0.717, 1.165) is 5.56 Å². The van der Waals surface area contributed by atoms with E-state index in [1.807, 2.05) is 4.90 Å². The van der Waals surface area contributed by atoms with Crippen molar-refractivity contribution in [1.82, 2.24) is 20.2 Å². The molecule has 3 heterocycles. The van der Waals surface area contributed by atoms with E-state index in [-0.39, 0.29) is 23.2 Å². The molecule has 130 valence electrons. The lowest BCUT2D eigenvalue weighted by atomic mass is 9.78. The zero-order valence-corrected chi connectivity index (χ0v) is 13.5. The predicted molar refractivity (Wildman–Crippen MR) is 85.9 cm³/mol. The van der Waals surface area contributed by atoms with E-state index in [1.165, 1.54) is 0 Å². The first-order valence-electron chi connectivity index (χ1n) is 7.91. The highest BCUT2D eigenvalue weighted by Crippen LogP contribution is 2.37. The van der Waals surface area contributed by atoms with Gasteiger partial charge in [-0.05, 0) is 34.8 Å². The monoisotopic (exact) mass is 345 g/mol. The largest absolute Gasteiger partial charge is 0.535 e. The van der Waals surface area contributed by atoms with Gasteiger partial charge in [0.05, 0.1) is 13.1 Å². The van der Waals surface area contributed by atoms with Crippen molar-refractivity contribution < 1.29 is 24.3 Å². The van der Waals surface area contributed by atoms with Gasteiger partial charge in [-0.25, -0.2) is 9.48 Å². The van der Waals surface area contributed by atoms with Crippen LogP contribution in [0.15, 0.2) is 12.1 Å². The Bertz CT molecular complexity index is 822. The third-order valence-corrected chi connectivity index (χ3v) is 4.35. The average molecular weight is 345 g/mol. The summed E-state index contributed by atoms with van der Waals surface area (Å²) < 4.78 is 12.8. The van der Waals surface area contributed by atoms with E-state index in [0.29, 0.717) is 31.8 Å². The number of aromatic carboxylic acids is 1. The van der Waals surface area contributed by atoms with Gasteiger partial charge < -0.3 is 24.4 Å². The van der Waals surface area contributed by atoms with Crippen LogP contribution >= 0.6 is 0 Å². The number of fused-ring (bicyclic) bond motifs is 1. The summed E-state index contributed by atoms with van der Waals surface area (Å²) in [4.78, 5) is 13.6. The highest BCUT2D eigenvalue weighted by Gasteiger charge is 2.35. The molecule has 4 rings (SSSR count). The highest BCUT2D eigenvalue weighted by atomic mass is 16.5. The molecule has 0 saturated carbocycles. The molecule has 2 N–H and O–H groups in total. The summed E-state index contributed by atoms with van der Waals surface area (Å²) in [5.41, 5.74) is 0.713. The minimum atomic E-state index is -1.14. The van der Waals surface area contributed by atoms with E-state index < -0.39 is 13.1 Å². The molecule has 1 aromatic carbocycles. The topological polar surface area (TPSA) is 123 Å². The maximum Gasteiger partial charge on any atom is 0.522 e. The number of anilines is 1. The Balaban J connectivity index is 1.53. The first-order chi connectivity index (χ1) is 12.0. The number of rotatable bonds is 4. The molecule has 0 aliphatic carbocycles. The first kappa shape index (κ1) is 15.7. The molecule has 2 aromatic rings. The molecule has 1 fully saturated rings. The van der Waals surface area contributed by atoms with Gasteiger partial charge in [0, 0.05) is 7.05 Å². The van der Waals surface area contributed by atoms with Gasteiger partial charge in [-0.3, -0.25) is 0 Å². The van der Waals surface area contributed by atoms with Crippen molar-refractivity contribution >= 4 is 19.0 Å². The third-order valence-electron chi connectivity index (χ3n) is 4.35. The van der Waals surface area contributed by atoms with E-state index in [1.54, 1.807) is 23.9 Å². The number of carbonyl (C=O) groups is 1. The minimum Gasteiger partial charge on any atom is -0.535 e. The normalized spacial score (nSPS) is 16.9. The van der Waals surface area contributed by atoms with Gasteiger partial charge in [0.2, 0.25) is 5.95 Å². The van der Waals surface area contributed by atoms with Gasteiger partial charge in [-0.1, -0.05) is 11.2 Å². The molecular formula is C14H16BN5O5. The van der Waals surface area contributed by atoms with Crippen molar-refractivity contribution in [2.75, 3.05) is 18.0 Å². The van der Waals surface area contributed by atoms with Gasteiger partial charge in [0.25, 0.3) is 0 Å². The average Bonchev–Trinajstić information content (AvgIpc) is 2.95. The Labute approximate surface area is 143 Å². The van der Waals surface area contributed by atoms with Gasteiger partial charge in [0.1, 0.15) is 23.2 Å². The number of tetrazole rings is 1. The fourth-order valence-corrected chi connectivity index (χ4v) is 3.06. The molecule has 0 amide bonds. The number of carboxylic acid groups (broad SMARTS) is 1. The Hall–Kier alpha value is -2.82. The molecule has 2 aliphatic rings. The van der Waals surface area contributed by atoms with Crippen LogP contribution in [0.1, 0.15) is 15.9 Å². The number of benzene rings is 1. The summed E-state index contributed by atoms with van der Waals surface area (Å²) in [5, 5.41) is 30.5. The lowest BCUT2D eigenvalue weighted by Gasteiger charge is -2.39. The Morgan fingerprint density at radius 1 is 1.44 bits per heavy atom. The number of hydrogen-bond acceptors (Lipinski definition) is 8. The SMILES string of the molecule is Cn1nnnc1N1CC(Oc2ccc3c(c2C(=O)O)OB(O)CC3)C1. The quantitative estimate of drug-likeness (QED) is 0.712. The van der Waals surface area contributed by atoms with Crippen molar-refractivity contribution in [2.45, 2.75) is 18.8 Å². The fourth-order valence-electron chi connectivity index (χ4n) is 3.06. The zero-order valence-electron chi connectivity index (χ0n) is 13.5. The van der Waals surface area contributed by atoms with Crippen LogP contribution in [-0.2, 0) is 13.5 Å². The Kier molecular flexibility index (Phi) is 3.72. The van der Waals surface area contributed by atoms with Crippen LogP contribution < -0.4 is 14.3 Å². The smallest absolute Gasteiger partial charge is 0.522 e. The predicted octanol–water partition coefficient (Wildman–Crippen LogP) is -0.409. The van der Waals surface area contributed by atoms with Crippen molar-refractivity contribution in [1.29, 1.82) is 0 Å². The lowest BCUT2D eigenvalue weighted by Crippen LogP contribution is -2.55. The second-order valence-corrected chi connectivity index (χ2v) is 6.09. The number of aryl methyl sites for hydroxylation is 2. The summed E-state index contributed by atoms with van der Waals surface area (Å²) in [7, 11) is 0.751. The van der Waals surface area contributed by atoms with Gasteiger partial charge in [-0.15, -0.1) is 0 Å². The van der Waals surface area contributed by atoms with Crippen molar-refractivity contribution in [3.63, 3.8) is 0 Å². The van der Waals surface area contributed by atoms with Crippen LogP contribution in [0.3, 0.4) is 0 Å². The number of carboxylic acids is 1. The molecule has 0 bridgehead atoms. The van der Waals surface area contributed by atoms with Crippen molar-refractivity contribution in [2.24, 2.45) is 7.05 Å². The first-order valence-corrected chi connectivity index (χ1v) is 7.91. The second kappa shape index (κ2) is 5.92. The minimum absolute atomic E-state index is 0.0463. The fraction of sp³-hybridized carbons (Fsp3) is 0.429. The van der Waals surface area contributed by atoms with E-state index >= 15 is 0 Å². The Morgan fingerprint density at radius 2 is 2.24 bits per heavy atom. The molecule has 2 aliphatic heterocycles. The number of nitrogens with zero attached hydrogens (tertiary/aromatic N) is 5. The zero-order chi connectivity index (χ0) is 17.6. The van der Waals surface area contributed by atoms with Crippen LogP contribution in [-0.4, -0.2) is 62.6 Å². The molecule has 0 spiro atoms. The highest BCUT2D eigenvalue weighted by molar-refractivity contribution is 6.44.